The van der Waals surface area contributed by atoms with Gasteiger partial charge in [-0.1, -0.05) is 31.5 Å². The predicted molar refractivity (Wildman–Crippen MR) is 52.2 cm³/mol. The van der Waals surface area contributed by atoms with Gasteiger partial charge < -0.3 is 0 Å². The van der Waals surface area contributed by atoms with Crippen LogP contribution in [0.5, 0.6) is 0 Å². The molecule has 0 N–H and O–H groups in total. The van der Waals surface area contributed by atoms with Crippen LogP contribution in [0, 0.1) is 0 Å². The van der Waals surface area contributed by atoms with E-state index in [9.17, 15) is 0 Å². The molecule has 0 aliphatic carbocycles. The van der Waals surface area contributed by atoms with Gasteiger partial charge in [0.05, 0.1) is 0 Å². The molecule has 1 heteroatoms. The normalized spacial score (nSPS) is 10.0. The summed E-state index contributed by atoms with van der Waals surface area (Å²) in [6, 6.07) is 8.63. The van der Waals surface area contributed by atoms with Gasteiger partial charge >= 0.3 is 0 Å². The van der Waals surface area contributed by atoms with Crippen LogP contribution in [0.4, 0.5) is 0 Å². The van der Waals surface area contributed by atoms with Gasteiger partial charge in [0.15, 0.2) is 0 Å². The molecule has 1 aromatic rings. The van der Waals surface area contributed by atoms with Crippen LogP contribution in [-0.2, 0) is 6.42 Å². The second kappa shape index (κ2) is 4.45. The standard InChI is InChI=1S/C10H14S/c1-3-6-9-7-4-5-8-10(9)11-2/h4-5,7-8H,3,6H2,1-2H3. The fourth-order valence-electron chi connectivity index (χ4n) is 1.18. The highest BCUT2D eigenvalue weighted by molar-refractivity contribution is 7.98. The first-order chi connectivity index (χ1) is 5.38. The summed E-state index contributed by atoms with van der Waals surface area (Å²) in [5, 5.41) is 0. The highest BCUT2D eigenvalue weighted by Gasteiger charge is 1.96. The number of benzene rings is 1. The SMILES string of the molecule is CCCc1ccccc1SC. The van der Waals surface area contributed by atoms with Crippen molar-refractivity contribution < 1.29 is 0 Å². The molecule has 0 heterocycles. The lowest BCUT2D eigenvalue weighted by atomic mass is 10.1. The molecule has 0 fully saturated rings. The van der Waals surface area contributed by atoms with E-state index in [4.69, 9.17) is 0 Å². The van der Waals surface area contributed by atoms with E-state index in [1.165, 1.54) is 23.3 Å². The van der Waals surface area contributed by atoms with Crippen LogP contribution in [0.15, 0.2) is 29.2 Å². The maximum Gasteiger partial charge on any atom is 0.0101 e. The van der Waals surface area contributed by atoms with E-state index in [2.05, 4.69) is 37.4 Å². The predicted octanol–water partition coefficient (Wildman–Crippen LogP) is 3.36. The zero-order valence-electron chi connectivity index (χ0n) is 7.13. The topological polar surface area (TPSA) is 0 Å². The number of hydrogen-bond donors (Lipinski definition) is 0. The Morgan fingerprint density at radius 3 is 2.64 bits per heavy atom. The van der Waals surface area contributed by atoms with E-state index in [0.29, 0.717) is 0 Å². The monoisotopic (exact) mass is 166 g/mol. The molecule has 0 aromatic heterocycles. The summed E-state index contributed by atoms with van der Waals surface area (Å²) in [5.41, 5.74) is 1.49. The maximum absolute atomic E-state index is 2.22. The minimum atomic E-state index is 1.21. The summed E-state index contributed by atoms with van der Waals surface area (Å²) < 4.78 is 0. The maximum atomic E-state index is 2.22. The molecule has 0 aliphatic rings. The van der Waals surface area contributed by atoms with Crippen molar-refractivity contribution in [1.29, 1.82) is 0 Å². The van der Waals surface area contributed by atoms with Crippen molar-refractivity contribution in [2.75, 3.05) is 6.26 Å². The quantitative estimate of drug-likeness (QED) is 0.620. The van der Waals surface area contributed by atoms with Gasteiger partial charge in [0, 0.05) is 4.90 Å². The lowest BCUT2D eigenvalue weighted by Crippen LogP contribution is -1.85. The Hall–Kier alpha value is -0.430. The molecule has 1 aromatic carbocycles. The van der Waals surface area contributed by atoms with E-state index in [1.54, 1.807) is 0 Å². The summed E-state index contributed by atoms with van der Waals surface area (Å²) in [6.45, 7) is 2.22. The second-order valence-corrected chi connectivity index (χ2v) is 3.41. The highest BCUT2D eigenvalue weighted by Crippen LogP contribution is 2.20. The zero-order valence-corrected chi connectivity index (χ0v) is 7.95. The van der Waals surface area contributed by atoms with Crippen LogP contribution >= 0.6 is 11.8 Å². The van der Waals surface area contributed by atoms with Crippen LogP contribution in [0.1, 0.15) is 18.9 Å². The Bertz CT molecular complexity index is 218. The Balaban J connectivity index is 2.83. The molecular weight excluding hydrogens is 152 g/mol. The van der Waals surface area contributed by atoms with Crippen molar-refractivity contribution in [3.05, 3.63) is 29.8 Å². The van der Waals surface area contributed by atoms with Gasteiger partial charge in [-0.05, 0) is 24.3 Å². The van der Waals surface area contributed by atoms with Crippen LogP contribution in [0.3, 0.4) is 0 Å². The number of thioether (sulfide) groups is 1. The summed E-state index contributed by atoms with van der Waals surface area (Å²) >= 11 is 1.84. The largest absolute Gasteiger partial charge is 0.129 e. The molecule has 0 spiro atoms. The third kappa shape index (κ3) is 2.26. The van der Waals surface area contributed by atoms with Crippen LogP contribution in [-0.4, -0.2) is 6.26 Å². The highest BCUT2D eigenvalue weighted by atomic mass is 32.2. The Morgan fingerprint density at radius 1 is 1.27 bits per heavy atom. The third-order valence-electron chi connectivity index (χ3n) is 1.71. The minimum Gasteiger partial charge on any atom is -0.129 e. The van der Waals surface area contributed by atoms with Crippen molar-refractivity contribution in [2.45, 2.75) is 24.7 Å². The van der Waals surface area contributed by atoms with Gasteiger partial charge in [0.2, 0.25) is 0 Å². The van der Waals surface area contributed by atoms with Crippen molar-refractivity contribution in [1.82, 2.24) is 0 Å². The van der Waals surface area contributed by atoms with Crippen molar-refractivity contribution >= 4 is 11.8 Å². The van der Waals surface area contributed by atoms with Gasteiger partial charge in [-0.25, -0.2) is 0 Å². The average Bonchev–Trinajstić information content (AvgIpc) is 2.06. The smallest absolute Gasteiger partial charge is 0.0101 e. The van der Waals surface area contributed by atoms with Gasteiger partial charge in [-0.3, -0.25) is 0 Å². The van der Waals surface area contributed by atoms with Gasteiger partial charge in [-0.15, -0.1) is 11.8 Å². The lowest BCUT2D eigenvalue weighted by Gasteiger charge is -2.03. The molecule has 60 valence electrons. The fourth-order valence-corrected chi connectivity index (χ4v) is 1.83. The molecule has 0 aliphatic heterocycles. The molecule has 0 radical (unpaired) electrons. The number of aryl methyl sites for hydroxylation is 1. The van der Waals surface area contributed by atoms with E-state index < -0.39 is 0 Å². The molecule has 0 atom stereocenters. The Labute approximate surface area is 73.0 Å². The second-order valence-electron chi connectivity index (χ2n) is 2.56. The van der Waals surface area contributed by atoms with E-state index >= 15 is 0 Å². The number of rotatable bonds is 3. The average molecular weight is 166 g/mol. The lowest BCUT2D eigenvalue weighted by molar-refractivity contribution is 0.901. The molecular formula is C10H14S. The van der Waals surface area contributed by atoms with Crippen LogP contribution < -0.4 is 0 Å². The summed E-state index contributed by atoms with van der Waals surface area (Å²) in [6.07, 6.45) is 4.57. The summed E-state index contributed by atoms with van der Waals surface area (Å²) in [5.74, 6) is 0. The van der Waals surface area contributed by atoms with Crippen LogP contribution in [0.25, 0.3) is 0 Å². The van der Waals surface area contributed by atoms with Gasteiger partial charge in [-0.2, -0.15) is 0 Å². The first kappa shape index (κ1) is 8.66. The summed E-state index contributed by atoms with van der Waals surface area (Å²) in [7, 11) is 0. The van der Waals surface area contributed by atoms with Gasteiger partial charge in [0.25, 0.3) is 0 Å². The minimum absolute atomic E-state index is 1.21. The summed E-state index contributed by atoms with van der Waals surface area (Å²) in [4.78, 5) is 1.43. The molecule has 0 amide bonds. The third-order valence-corrected chi connectivity index (χ3v) is 2.55. The molecule has 0 bridgehead atoms. The molecule has 0 unspecified atom stereocenters. The van der Waals surface area contributed by atoms with Crippen LogP contribution in [0.2, 0.25) is 0 Å². The zero-order chi connectivity index (χ0) is 8.10. The van der Waals surface area contributed by atoms with Crippen molar-refractivity contribution in [2.24, 2.45) is 0 Å². The van der Waals surface area contributed by atoms with E-state index in [-0.39, 0.29) is 0 Å². The first-order valence-electron chi connectivity index (χ1n) is 4.00. The molecule has 0 nitrogen and oxygen atoms in total. The molecule has 11 heavy (non-hydrogen) atoms. The van der Waals surface area contributed by atoms with E-state index in [1.807, 2.05) is 11.8 Å². The first-order valence-corrected chi connectivity index (χ1v) is 5.23. The van der Waals surface area contributed by atoms with E-state index in [0.717, 1.165) is 0 Å². The van der Waals surface area contributed by atoms with Crippen molar-refractivity contribution in [3.63, 3.8) is 0 Å². The molecule has 1 rings (SSSR count). The molecule has 0 saturated carbocycles. The molecule has 0 saturated heterocycles. The van der Waals surface area contributed by atoms with Crippen molar-refractivity contribution in [3.8, 4) is 0 Å². The fraction of sp³-hybridized carbons (Fsp3) is 0.400. The Morgan fingerprint density at radius 2 is 2.00 bits per heavy atom. The Kier molecular flexibility index (Phi) is 3.50. The van der Waals surface area contributed by atoms with Gasteiger partial charge in [0.1, 0.15) is 0 Å². The number of hydrogen-bond acceptors (Lipinski definition) is 1.